The van der Waals surface area contributed by atoms with Gasteiger partial charge in [-0.25, -0.2) is 4.39 Å². The normalized spacial score (nSPS) is 14.5. The lowest BCUT2D eigenvalue weighted by molar-refractivity contribution is 0.0868. The van der Waals surface area contributed by atoms with Crippen LogP contribution in [-0.4, -0.2) is 26.8 Å². The summed E-state index contributed by atoms with van der Waals surface area (Å²) in [5.74, 6) is -0.180. The van der Waals surface area contributed by atoms with Crippen molar-refractivity contribution in [3.05, 3.63) is 30.1 Å². The molecule has 0 spiro atoms. The van der Waals surface area contributed by atoms with Crippen LogP contribution in [0.15, 0.2) is 24.3 Å². The van der Waals surface area contributed by atoms with E-state index in [1.807, 2.05) is 13.8 Å². The molecule has 6 heteroatoms. The molecular weight excluding hydrogens is 273 g/mol. The van der Waals surface area contributed by atoms with Crippen LogP contribution in [0.4, 0.5) is 4.39 Å². The Kier molecular flexibility index (Phi) is 3.45. The van der Waals surface area contributed by atoms with Crippen molar-refractivity contribution in [2.45, 2.75) is 32.8 Å². The van der Waals surface area contributed by atoms with E-state index >= 15 is 0 Å². The Morgan fingerprint density at radius 2 is 2.19 bits per heavy atom. The maximum absolute atomic E-state index is 13.4. The fraction of sp³-hybridized carbons (Fsp3) is 0.400. The van der Waals surface area contributed by atoms with Crippen LogP contribution in [0.2, 0.25) is 0 Å². The van der Waals surface area contributed by atoms with Crippen LogP contribution < -0.4 is 4.74 Å². The molecule has 0 saturated heterocycles. The summed E-state index contributed by atoms with van der Waals surface area (Å²) in [5.41, 5.74) is 0.509. The van der Waals surface area contributed by atoms with Crippen molar-refractivity contribution in [2.75, 3.05) is 0 Å². The van der Waals surface area contributed by atoms with Crippen LogP contribution in [0.25, 0.3) is 11.4 Å². The molecule has 1 aromatic carbocycles. The SMILES string of the molecule is CC(C)Oc1nc(-c2cccc(F)c2)n(C(=O)C2CC2)n1. The molecule has 21 heavy (non-hydrogen) atoms. The molecule has 0 aliphatic heterocycles. The number of hydrogen-bond donors (Lipinski definition) is 0. The molecule has 0 unspecified atom stereocenters. The zero-order chi connectivity index (χ0) is 15.0. The Labute approximate surface area is 121 Å². The molecule has 0 amide bonds. The largest absolute Gasteiger partial charge is 0.460 e. The monoisotopic (exact) mass is 289 g/mol. The van der Waals surface area contributed by atoms with Gasteiger partial charge in [0.05, 0.1) is 6.10 Å². The van der Waals surface area contributed by atoms with E-state index in [1.54, 1.807) is 12.1 Å². The maximum atomic E-state index is 13.4. The van der Waals surface area contributed by atoms with Crippen LogP contribution in [-0.2, 0) is 0 Å². The first-order chi connectivity index (χ1) is 10.0. The lowest BCUT2D eigenvalue weighted by Gasteiger charge is -2.03. The van der Waals surface area contributed by atoms with E-state index < -0.39 is 0 Å². The molecule has 2 aromatic rings. The van der Waals surface area contributed by atoms with Gasteiger partial charge in [0.25, 0.3) is 5.91 Å². The first-order valence-electron chi connectivity index (χ1n) is 6.98. The molecule has 0 bridgehead atoms. The van der Waals surface area contributed by atoms with Crippen LogP contribution in [0.1, 0.15) is 31.5 Å². The zero-order valence-corrected chi connectivity index (χ0v) is 11.9. The molecule has 0 N–H and O–H groups in total. The van der Waals surface area contributed by atoms with Gasteiger partial charge >= 0.3 is 6.01 Å². The second kappa shape index (κ2) is 5.27. The van der Waals surface area contributed by atoms with Crippen LogP contribution in [0.5, 0.6) is 6.01 Å². The summed E-state index contributed by atoms with van der Waals surface area (Å²) in [6.45, 7) is 3.70. The summed E-state index contributed by atoms with van der Waals surface area (Å²) >= 11 is 0. The van der Waals surface area contributed by atoms with Crippen molar-refractivity contribution >= 4 is 5.91 Å². The number of carbonyl (C=O) groups is 1. The summed E-state index contributed by atoms with van der Waals surface area (Å²) in [4.78, 5) is 16.5. The minimum atomic E-state index is -0.382. The molecule has 1 aliphatic rings. The fourth-order valence-corrected chi connectivity index (χ4v) is 2.03. The Balaban J connectivity index is 2.03. The molecule has 1 fully saturated rings. The van der Waals surface area contributed by atoms with Gasteiger partial charge in [0.2, 0.25) is 0 Å². The number of hydrogen-bond acceptors (Lipinski definition) is 4. The first-order valence-corrected chi connectivity index (χ1v) is 6.98. The Hall–Kier alpha value is -2.24. The molecule has 0 radical (unpaired) electrons. The Morgan fingerprint density at radius 1 is 1.43 bits per heavy atom. The van der Waals surface area contributed by atoms with Gasteiger partial charge in [-0.15, -0.1) is 5.10 Å². The number of benzene rings is 1. The van der Waals surface area contributed by atoms with E-state index in [9.17, 15) is 9.18 Å². The quantitative estimate of drug-likeness (QED) is 0.868. The molecule has 0 atom stereocenters. The van der Waals surface area contributed by atoms with Gasteiger partial charge in [0.15, 0.2) is 5.82 Å². The van der Waals surface area contributed by atoms with Crippen molar-refractivity contribution in [3.63, 3.8) is 0 Å². The Bertz CT molecular complexity index is 677. The number of carbonyl (C=O) groups excluding carboxylic acids is 1. The molecule has 5 nitrogen and oxygen atoms in total. The van der Waals surface area contributed by atoms with Gasteiger partial charge in [-0.2, -0.15) is 9.67 Å². The van der Waals surface area contributed by atoms with E-state index in [0.717, 1.165) is 12.8 Å². The molecule has 1 heterocycles. The predicted molar refractivity (Wildman–Crippen MR) is 74.5 cm³/mol. The van der Waals surface area contributed by atoms with Crippen molar-refractivity contribution < 1.29 is 13.9 Å². The van der Waals surface area contributed by atoms with Crippen LogP contribution in [0.3, 0.4) is 0 Å². The molecule has 1 aromatic heterocycles. The van der Waals surface area contributed by atoms with Gasteiger partial charge in [-0.3, -0.25) is 4.79 Å². The van der Waals surface area contributed by atoms with Gasteiger partial charge in [0.1, 0.15) is 5.82 Å². The maximum Gasteiger partial charge on any atom is 0.336 e. The number of nitrogens with zero attached hydrogens (tertiary/aromatic N) is 3. The molecule has 1 saturated carbocycles. The number of halogens is 1. The smallest absolute Gasteiger partial charge is 0.336 e. The molecule has 1 aliphatic carbocycles. The summed E-state index contributed by atoms with van der Waals surface area (Å²) < 4.78 is 20.1. The second-order valence-corrected chi connectivity index (χ2v) is 5.42. The van der Waals surface area contributed by atoms with Crippen LogP contribution >= 0.6 is 0 Å². The summed E-state index contributed by atoms with van der Waals surface area (Å²) in [5, 5.41) is 4.13. The van der Waals surface area contributed by atoms with Gasteiger partial charge < -0.3 is 4.74 Å². The van der Waals surface area contributed by atoms with Crippen molar-refractivity contribution in [3.8, 4) is 17.4 Å². The lowest BCUT2D eigenvalue weighted by Crippen LogP contribution is -2.16. The highest BCUT2D eigenvalue weighted by Gasteiger charge is 2.34. The number of rotatable bonds is 4. The summed E-state index contributed by atoms with van der Waals surface area (Å²) in [6, 6.07) is 6.09. The average Bonchev–Trinajstić information content (AvgIpc) is 3.19. The van der Waals surface area contributed by atoms with Gasteiger partial charge in [-0.05, 0) is 38.8 Å². The van der Waals surface area contributed by atoms with Crippen molar-refractivity contribution in [1.29, 1.82) is 0 Å². The minimum Gasteiger partial charge on any atom is -0.460 e. The highest BCUT2D eigenvalue weighted by Crippen LogP contribution is 2.32. The average molecular weight is 289 g/mol. The second-order valence-electron chi connectivity index (χ2n) is 5.42. The summed E-state index contributed by atoms with van der Waals surface area (Å²) in [6.07, 6.45) is 1.63. The van der Waals surface area contributed by atoms with E-state index in [0.29, 0.717) is 11.4 Å². The predicted octanol–water partition coefficient (Wildman–Crippen LogP) is 2.92. The third-order valence-electron chi connectivity index (χ3n) is 3.15. The van der Waals surface area contributed by atoms with Gasteiger partial charge in [-0.1, -0.05) is 12.1 Å². The van der Waals surface area contributed by atoms with Crippen molar-refractivity contribution in [1.82, 2.24) is 14.8 Å². The zero-order valence-electron chi connectivity index (χ0n) is 11.9. The van der Waals surface area contributed by atoms with Crippen LogP contribution in [0, 0.1) is 11.7 Å². The number of aromatic nitrogens is 3. The van der Waals surface area contributed by atoms with E-state index in [1.165, 1.54) is 16.8 Å². The van der Waals surface area contributed by atoms with E-state index in [-0.39, 0.29) is 29.8 Å². The first kappa shape index (κ1) is 13.7. The van der Waals surface area contributed by atoms with E-state index in [2.05, 4.69) is 10.1 Å². The highest BCUT2D eigenvalue weighted by atomic mass is 19.1. The number of ether oxygens (including phenoxy) is 1. The molecule has 110 valence electrons. The molecular formula is C15H16FN3O2. The Morgan fingerprint density at radius 3 is 2.81 bits per heavy atom. The third kappa shape index (κ3) is 2.94. The van der Waals surface area contributed by atoms with Crippen molar-refractivity contribution in [2.24, 2.45) is 5.92 Å². The standard InChI is InChI=1S/C15H16FN3O2/c1-9(2)21-15-17-13(11-4-3-5-12(16)8-11)19(18-15)14(20)10-6-7-10/h3-5,8-10H,6-7H2,1-2H3. The fourth-order valence-electron chi connectivity index (χ4n) is 2.03. The topological polar surface area (TPSA) is 57.0 Å². The minimum absolute atomic E-state index is 0.00842. The highest BCUT2D eigenvalue weighted by molar-refractivity contribution is 5.86. The molecule has 3 rings (SSSR count). The third-order valence-corrected chi connectivity index (χ3v) is 3.15. The lowest BCUT2D eigenvalue weighted by atomic mass is 10.2. The van der Waals surface area contributed by atoms with Gasteiger partial charge in [0, 0.05) is 11.5 Å². The summed E-state index contributed by atoms with van der Waals surface area (Å²) in [7, 11) is 0. The van der Waals surface area contributed by atoms with E-state index in [4.69, 9.17) is 4.74 Å².